The van der Waals surface area contributed by atoms with Crippen LogP contribution >= 0.6 is 0 Å². The summed E-state index contributed by atoms with van der Waals surface area (Å²) in [5.74, 6) is -0.920. The summed E-state index contributed by atoms with van der Waals surface area (Å²) < 4.78 is 18.2. The highest BCUT2D eigenvalue weighted by atomic mass is 19.1. The molecule has 0 unspecified atom stereocenters. The maximum atomic E-state index is 13.2. The first kappa shape index (κ1) is 17.7. The summed E-state index contributed by atoms with van der Waals surface area (Å²) in [5, 5.41) is 2.82. The van der Waals surface area contributed by atoms with Crippen molar-refractivity contribution in [3.8, 4) is 0 Å². The van der Waals surface area contributed by atoms with Crippen molar-refractivity contribution < 1.29 is 18.7 Å². The van der Waals surface area contributed by atoms with Crippen molar-refractivity contribution in [1.29, 1.82) is 0 Å². The van der Waals surface area contributed by atoms with E-state index >= 15 is 0 Å². The molecule has 5 nitrogen and oxygen atoms in total. The third-order valence-electron chi connectivity index (χ3n) is 4.39. The van der Waals surface area contributed by atoms with Gasteiger partial charge in [0, 0.05) is 5.70 Å². The lowest BCUT2D eigenvalue weighted by Gasteiger charge is -2.35. The third-order valence-corrected chi connectivity index (χ3v) is 4.39. The summed E-state index contributed by atoms with van der Waals surface area (Å²) in [4.78, 5) is 26.6. The third kappa shape index (κ3) is 3.44. The first-order valence-electron chi connectivity index (χ1n) is 8.17. The summed E-state index contributed by atoms with van der Waals surface area (Å²) in [6, 6.07) is 14.1. The summed E-state index contributed by atoms with van der Waals surface area (Å²) in [7, 11) is 1.29. The Kier molecular flexibility index (Phi) is 5.02. The fourth-order valence-corrected chi connectivity index (χ4v) is 3.02. The maximum Gasteiger partial charge on any atom is 0.337 e. The number of hydrogen-bond acceptors (Lipinski definition) is 3. The summed E-state index contributed by atoms with van der Waals surface area (Å²) in [6.45, 7) is 2.04. The second-order valence-corrected chi connectivity index (χ2v) is 6.00. The van der Waals surface area contributed by atoms with Crippen LogP contribution in [0.5, 0.6) is 0 Å². The zero-order valence-electron chi connectivity index (χ0n) is 14.5. The Balaban J connectivity index is 2.02. The normalized spacial score (nSPS) is 17.1. The molecule has 0 radical (unpaired) electrons. The number of carbonyl (C=O) groups is 2. The number of methoxy groups -OCH3 is 1. The van der Waals surface area contributed by atoms with E-state index in [9.17, 15) is 14.0 Å². The Hall–Kier alpha value is -3.15. The summed E-state index contributed by atoms with van der Waals surface area (Å²) in [5.41, 5.74) is 2.39. The number of nitrogens with one attached hydrogen (secondary N) is 1. The average molecular weight is 354 g/mol. The largest absolute Gasteiger partial charge is 0.466 e. The van der Waals surface area contributed by atoms with Gasteiger partial charge in [-0.25, -0.2) is 14.0 Å². The fourth-order valence-electron chi connectivity index (χ4n) is 3.02. The van der Waals surface area contributed by atoms with Crippen molar-refractivity contribution in [3.05, 3.63) is 82.8 Å². The van der Waals surface area contributed by atoms with Crippen LogP contribution in [0.15, 0.2) is 65.9 Å². The molecule has 3 rings (SSSR count). The Bertz CT molecular complexity index is 847. The topological polar surface area (TPSA) is 58.6 Å². The van der Waals surface area contributed by atoms with Crippen LogP contribution in [0.25, 0.3) is 0 Å². The van der Waals surface area contributed by atoms with Crippen LogP contribution in [-0.4, -0.2) is 24.0 Å². The fraction of sp³-hybridized carbons (Fsp3) is 0.200. The van der Waals surface area contributed by atoms with Gasteiger partial charge in [0.25, 0.3) is 0 Å². The van der Waals surface area contributed by atoms with Gasteiger partial charge in [0.05, 0.1) is 25.3 Å². The highest BCUT2D eigenvalue weighted by Gasteiger charge is 2.36. The zero-order chi connectivity index (χ0) is 18.7. The van der Waals surface area contributed by atoms with E-state index < -0.39 is 12.0 Å². The average Bonchev–Trinajstić information content (AvgIpc) is 2.65. The zero-order valence-corrected chi connectivity index (χ0v) is 14.5. The number of rotatable bonds is 4. The molecule has 0 aliphatic carbocycles. The molecule has 6 heteroatoms. The number of allylic oxidation sites excluding steroid dienone is 1. The minimum absolute atomic E-state index is 0.326. The number of urea groups is 1. The molecular weight excluding hydrogens is 335 g/mol. The van der Waals surface area contributed by atoms with Gasteiger partial charge in [-0.15, -0.1) is 0 Å². The number of benzene rings is 2. The van der Waals surface area contributed by atoms with E-state index in [2.05, 4.69) is 5.32 Å². The van der Waals surface area contributed by atoms with E-state index in [1.165, 1.54) is 24.1 Å². The number of carbonyl (C=O) groups excluding carboxylic acids is 2. The van der Waals surface area contributed by atoms with Crippen molar-refractivity contribution in [3.63, 3.8) is 0 Å². The van der Waals surface area contributed by atoms with Crippen LogP contribution in [0.4, 0.5) is 9.18 Å². The number of amides is 2. The lowest BCUT2D eigenvalue weighted by atomic mass is 9.94. The van der Waals surface area contributed by atoms with E-state index in [0.717, 1.165) is 5.56 Å². The molecule has 0 spiro atoms. The molecule has 2 aromatic rings. The van der Waals surface area contributed by atoms with Crippen LogP contribution in [0.1, 0.15) is 24.1 Å². The predicted octanol–water partition coefficient (Wildman–Crippen LogP) is 3.54. The lowest BCUT2D eigenvalue weighted by molar-refractivity contribution is -0.136. The summed E-state index contributed by atoms with van der Waals surface area (Å²) in [6.07, 6.45) is 0. The van der Waals surface area contributed by atoms with E-state index in [1.807, 2.05) is 30.3 Å². The molecule has 1 atom stereocenters. The number of nitrogens with zero attached hydrogens (tertiary/aromatic N) is 1. The molecule has 0 bridgehead atoms. The molecule has 1 N–H and O–H groups in total. The van der Waals surface area contributed by atoms with E-state index in [1.54, 1.807) is 19.1 Å². The monoisotopic (exact) mass is 354 g/mol. The molecule has 0 aromatic heterocycles. The molecule has 26 heavy (non-hydrogen) atoms. The van der Waals surface area contributed by atoms with Gasteiger partial charge in [0.2, 0.25) is 0 Å². The van der Waals surface area contributed by atoms with Gasteiger partial charge in [-0.1, -0.05) is 42.5 Å². The van der Waals surface area contributed by atoms with Crippen LogP contribution in [0.2, 0.25) is 0 Å². The second kappa shape index (κ2) is 7.39. The van der Waals surface area contributed by atoms with Gasteiger partial charge >= 0.3 is 12.0 Å². The quantitative estimate of drug-likeness (QED) is 0.855. The van der Waals surface area contributed by atoms with Gasteiger partial charge in [0.15, 0.2) is 0 Å². The minimum atomic E-state index is -0.692. The molecule has 2 amide bonds. The van der Waals surface area contributed by atoms with Gasteiger partial charge in [-0.3, -0.25) is 4.90 Å². The molecule has 2 aromatic carbocycles. The lowest BCUT2D eigenvalue weighted by Crippen LogP contribution is -2.47. The molecule has 1 aliphatic rings. The SMILES string of the molecule is COC(=O)C1=C(C)N(Cc2ccccc2)C(=O)N[C@@H]1c1ccc(F)cc1. The van der Waals surface area contributed by atoms with Crippen molar-refractivity contribution >= 4 is 12.0 Å². The highest BCUT2D eigenvalue weighted by molar-refractivity contribution is 5.95. The molecule has 1 aliphatic heterocycles. The Labute approximate surface area is 151 Å². The van der Waals surface area contributed by atoms with Crippen LogP contribution in [0, 0.1) is 5.82 Å². The molecule has 1 heterocycles. The van der Waals surface area contributed by atoms with Gasteiger partial charge in [-0.05, 0) is 30.2 Å². The Morgan fingerprint density at radius 1 is 1.15 bits per heavy atom. The van der Waals surface area contributed by atoms with Crippen molar-refractivity contribution in [2.24, 2.45) is 0 Å². The van der Waals surface area contributed by atoms with Crippen LogP contribution in [-0.2, 0) is 16.1 Å². The molecule has 0 saturated heterocycles. The van der Waals surface area contributed by atoms with Crippen molar-refractivity contribution in [2.45, 2.75) is 19.5 Å². The van der Waals surface area contributed by atoms with Crippen LogP contribution < -0.4 is 5.32 Å². The minimum Gasteiger partial charge on any atom is -0.466 e. The number of halogens is 1. The van der Waals surface area contributed by atoms with Crippen LogP contribution in [0.3, 0.4) is 0 Å². The Morgan fingerprint density at radius 2 is 1.81 bits per heavy atom. The highest BCUT2D eigenvalue weighted by Crippen LogP contribution is 2.32. The Morgan fingerprint density at radius 3 is 2.42 bits per heavy atom. The van der Waals surface area contributed by atoms with Crippen molar-refractivity contribution in [2.75, 3.05) is 7.11 Å². The molecule has 0 saturated carbocycles. The first-order valence-corrected chi connectivity index (χ1v) is 8.17. The summed E-state index contributed by atoms with van der Waals surface area (Å²) >= 11 is 0. The number of hydrogen-bond donors (Lipinski definition) is 1. The van der Waals surface area contributed by atoms with Gasteiger partial charge < -0.3 is 10.1 Å². The number of esters is 1. The van der Waals surface area contributed by atoms with Gasteiger partial charge in [-0.2, -0.15) is 0 Å². The van der Waals surface area contributed by atoms with E-state index in [4.69, 9.17) is 4.74 Å². The van der Waals surface area contributed by atoms with Gasteiger partial charge in [0.1, 0.15) is 5.82 Å². The smallest absolute Gasteiger partial charge is 0.337 e. The van der Waals surface area contributed by atoms with Crippen molar-refractivity contribution in [1.82, 2.24) is 10.2 Å². The van der Waals surface area contributed by atoms with E-state index in [-0.39, 0.29) is 11.8 Å². The molecule has 0 fully saturated rings. The predicted molar refractivity (Wildman–Crippen MR) is 94.4 cm³/mol. The standard InChI is InChI=1S/C20H19FN2O3/c1-13-17(19(24)26-2)18(15-8-10-16(21)11-9-15)22-20(25)23(13)12-14-6-4-3-5-7-14/h3-11,18H,12H2,1-2H3,(H,22,25)/t18-/m1/s1. The molecule has 134 valence electrons. The molecular formula is C20H19FN2O3. The number of ether oxygens (including phenoxy) is 1. The maximum absolute atomic E-state index is 13.2. The first-order chi connectivity index (χ1) is 12.5. The second-order valence-electron chi connectivity index (χ2n) is 6.00. The van der Waals surface area contributed by atoms with E-state index in [0.29, 0.717) is 23.4 Å².